The van der Waals surface area contributed by atoms with Crippen molar-refractivity contribution in [3.63, 3.8) is 0 Å². The third kappa shape index (κ3) is 5.54. The van der Waals surface area contributed by atoms with Crippen LogP contribution in [0.25, 0.3) is 0 Å². The summed E-state index contributed by atoms with van der Waals surface area (Å²) >= 11 is 0. The molecule has 6 heteroatoms. The van der Waals surface area contributed by atoms with E-state index in [1.165, 1.54) is 0 Å². The van der Waals surface area contributed by atoms with Gasteiger partial charge in [-0.05, 0) is 48.9 Å². The molecule has 0 saturated carbocycles. The van der Waals surface area contributed by atoms with Gasteiger partial charge < -0.3 is 15.4 Å². The zero-order valence-corrected chi connectivity index (χ0v) is 16.7. The molecule has 2 aromatic heterocycles. The van der Waals surface area contributed by atoms with Crippen LogP contribution in [0.1, 0.15) is 17.0 Å². The van der Waals surface area contributed by atoms with Gasteiger partial charge in [0.25, 0.3) is 0 Å². The average Bonchev–Trinajstić information content (AvgIpc) is 2.78. The lowest BCUT2D eigenvalue weighted by Gasteiger charge is -2.11. The van der Waals surface area contributed by atoms with Gasteiger partial charge in [0.2, 0.25) is 5.95 Å². The third-order valence-electron chi connectivity index (χ3n) is 4.39. The Morgan fingerprint density at radius 1 is 0.867 bits per heavy atom. The van der Waals surface area contributed by atoms with E-state index in [4.69, 9.17) is 4.74 Å². The van der Waals surface area contributed by atoms with Gasteiger partial charge in [-0.15, -0.1) is 0 Å². The van der Waals surface area contributed by atoms with Crippen molar-refractivity contribution >= 4 is 17.5 Å². The van der Waals surface area contributed by atoms with Crippen LogP contribution < -0.4 is 15.4 Å². The predicted octanol–water partition coefficient (Wildman–Crippen LogP) is 5.11. The number of nitrogens with one attached hydrogen (secondary N) is 2. The molecule has 150 valence electrons. The SMILES string of the molecule is Cc1cc(NCc2ccccn2)nc(Nc2ccc(OCc3ccccc3)cc2)n1. The molecule has 0 aliphatic heterocycles. The highest BCUT2D eigenvalue weighted by atomic mass is 16.5. The zero-order valence-electron chi connectivity index (χ0n) is 16.7. The molecular weight excluding hydrogens is 374 g/mol. The smallest absolute Gasteiger partial charge is 0.229 e. The first-order chi connectivity index (χ1) is 14.7. The summed E-state index contributed by atoms with van der Waals surface area (Å²) in [5.41, 5.74) is 3.86. The topological polar surface area (TPSA) is 72.0 Å². The maximum Gasteiger partial charge on any atom is 0.229 e. The second-order valence-corrected chi connectivity index (χ2v) is 6.82. The van der Waals surface area contributed by atoms with Gasteiger partial charge in [0.15, 0.2) is 0 Å². The van der Waals surface area contributed by atoms with Gasteiger partial charge in [-0.1, -0.05) is 36.4 Å². The van der Waals surface area contributed by atoms with Crippen molar-refractivity contribution in [1.82, 2.24) is 15.0 Å². The Labute approximate surface area is 176 Å². The van der Waals surface area contributed by atoms with Crippen molar-refractivity contribution in [3.05, 3.63) is 102 Å². The summed E-state index contributed by atoms with van der Waals surface area (Å²) < 4.78 is 5.83. The van der Waals surface area contributed by atoms with E-state index in [2.05, 4.69) is 25.6 Å². The van der Waals surface area contributed by atoms with Crippen LogP contribution in [-0.4, -0.2) is 15.0 Å². The normalized spacial score (nSPS) is 10.4. The molecule has 0 amide bonds. The first-order valence-electron chi connectivity index (χ1n) is 9.78. The van der Waals surface area contributed by atoms with Crippen molar-refractivity contribution in [2.24, 2.45) is 0 Å². The largest absolute Gasteiger partial charge is 0.489 e. The van der Waals surface area contributed by atoms with Crippen LogP contribution in [0.2, 0.25) is 0 Å². The van der Waals surface area contributed by atoms with E-state index in [1.54, 1.807) is 6.20 Å². The number of ether oxygens (including phenoxy) is 1. The molecule has 0 fully saturated rings. The monoisotopic (exact) mass is 397 g/mol. The van der Waals surface area contributed by atoms with Crippen LogP contribution in [0.4, 0.5) is 17.5 Å². The maximum absolute atomic E-state index is 5.83. The van der Waals surface area contributed by atoms with Crippen molar-refractivity contribution in [2.75, 3.05) is 10.6 Å². The van der Waals surface area contributed by atoms with Crippen molar-refractivity contribution in [3.8, 4) is 5.75 Å². The number of benzene rings is 2. The maximum atomic E-state index is 5.83. The fourth-order valence-electron chi connectivity index (χ4n) is 2.90. The second-order valence-electron chi connectivity index (χ2n) is 6.82. The quantitative estimate of drug-likeness (QED) is 0.430. The molecule has 0 atom stereocenters. The molecule has 0 aliphatic carbocycles. The molecular formula is C24H23N5O. The number of aryl methyl sites for hydroxylation is 1. The molecule has 4 rings (SSSR count). The van der Waals surface area contributed by atoms with E-state index in [-0.39, 0.29) is 0 Å². The molecule has 2 N–H and O–H groups in total. The fourth-order valence-corrected chi connectivity index (χ4v) is 2.90. The minimum Gasteiger partial charge on any atom is -0.489 e. The highest BCUT2D eigenvalue weighted by molar-refractivity contribution is 5.56. The van der Waals surface area contributed by atoms with E-state index < -0.39 is 0 Å². The Balaban J connectivity index is 1.37. The van der Waals surface area contributed by atoms with E-state index in [0.717, 1.165) is 34.2 Å². The summed E-state index contributed by atoms with van der Waals surface area (Å²) in [6.07, 6.45) is 1.78. The van der Waals surface area contributed by atoms with Gasteiger partial charge in [-0.25, -0.2) is 4.98 Å². The lowest BCUT2D eigenvalue weighted by molar-refractivity contribution is 0.306. The van der Waals surface area contributed by atoms with Crippen LogP contribution in [0.5, 0.6) is 5.75 Å². The summed E-state index contributed by atoms with van der Waals surface area (Å²) in [5, 5.41) is 6.55. The van der Waals surface area contributed by atoms with E-state index in [1.807, 2.05) is 85.8 Å². The summed E-state index contributed by atoms with van der Waals surface area (Å²) in [4.78, 5) is 13.3. The van der Waals surface area contributed by atoms with Crippen LogP contribution >= 0.6 is 0 Å². The number of rotatable bonds is 8. The first kappa shape index (κ1) is 19.4. The molecule has 6 nitrogen and oxygen atoms in total. The first-order valence-corrected chi connectivity index (χ1v) is 9.78. The Hall–Kier alpha value is -3.93. The van der Waals surface area contributed by atoms with E-state index in [0.29, 0.717) is 19.1 Å². The van der Waals surface area contributed by atoms with Crippen LogP contribution in [0.15, 0.2) is 85.1 Å². The zero-order chi connectivity index (χ0) is 20.6. The number of pyridine rings is 1. The number of hydrogen-bond donors (Lipinski definition) is 2. The molecule has 4 aromatic rings. The molecule has 30 heavy (non-hydrogen) atoms. The number of hydrogen-bond acceptors (Lipinski definition) is 6. The van der Waals surface area contributed by atoms with Crippen LogP contribution in [-0.2, 0) is 13.2 Å². The molecule has 2 aromatic carbocycles. The van der Waals surface area contributed by atoms with Gasteiger partial charge in [-0.2, -0.15) is 4.98 Å². The van der Waals surface area contributed by atoms with E-state index >= 15 is 0 Å². The average molecular weight is 397 g/mol. The van der Waals surface area contributed by atoms with Crippen LogP contribution in [0.3, 0.4) is 0 Å². The van der Waals surface area contributed by atoms with Gasteiger partial charge in [-0.3, -0.25) is 4.98 Å². The molecule has 0 saturated heterocycles. The van der Waals surface area contributed by atoms with Gasteiger partial charge in [0.1, 0.15) is 18.2 Å². The molecule has 2 heterocycles. The molecule has 0 aliphatic rings. The lowest BCUT2D eigenvalue weighted by atomic mass is 10.2. The fraction of sp³-hybridized carbons (Fsp3) is 0.125. The Kier molecular flexibility index (Phi) is 6.15. The number of aromatic nitrogens is 3. The Morgan fingerprint density at radius 2 is 1.67 bits per heavy atom. The van der Waals surface area contributed by atoms with E-state index in [9.17, 15) is 0 Å². The molecule has 0 radical (unpaired) electrons. The van der Waals surface area contributed by atoms with Crippen LogP contribution in [0, 0.1) is 6.92 Å². The van der Waals surface area contributed by atoms with Gasteiger partial charge in [0, 0.05) is 23.6 Å². The minimum atomic E-state index is 0.538. The summed E-state index contributed by atoms with van der Waals surface area (Å²) in [6, 6.07) is 25.6. The van der Waals surface area contributed by atoms with Crippen molar-refractivity contribution in [1.29, 1.82) is 0 Å². The van der Waals surface area contributed by atoms with Crippen molar-refractivity contribution in [2.45, 2.75) is 20.1 Å². The standard InChI is InChI=1S/C24H23N5O/c1-18-15-23(26-16-21-9-5-6-14-25-21)29-24(27-18)28-20-10-12-22(13-11-20)30-17-19-7-3-2-4-8-19/h2-15H,16-17H2,1H3,(H2,26,27,28,29). The third-order valence-corrected chi connectivity index (χ3v) is 4.39. The van der Waals surface area contributed by atoms with Gasteiger partial charge in [0.05, 0.1) is 12.2 Å². The molecule has 0 unspecified atom stereocenters. The number of anilines is 3. The van der Waals surface area contributed by atoms with Gasteiger partial charge >= 0.3 is 0 Å². The Morgan fingerprint density at radius 3 is 2.43 bits per heavy atom. The summed E-state index contributed by atoms with van der Waals surface area (Å²) in [7, 11) is 0. The summed E-state index contributed by atoms with van der Waals surface area (Å²) in [6.45, 7) is 3.09. The second kappa shape index (κ2) is 9.52. The predicted molar refractivity (Wildman–Crippen MR) is 119 cm³/mol. The van der Waals surface area contributed by atoms with Crippen molar-refractivity contribution < 1.29 is 4.74 Å². The minimum absolute atomic E-state index is 0.538. The summed E-state index contributed by atoms with van der Waals surface area (Å²) in [5.74, 6) is 2.10. The molecule has 0 bridgehead atoms. The highest BCUT2D eigenvalue weighted by Crippen LogP contribution is 2.20. The number of nitrogens with zero attached hydrogens (tertiary/aromatic N) is 3. The molecule has 0 spiro atoms. The highest BCUT2D eigenvalue weighted by Gasteiger charge is 2.04. The lowest BCUT2D eigenvalue weighted by Crippen LogP contribution is -2.06. The Bertz CT molecular complexity index is 1070.